The topological polar surface area (TPSA) is 84.7 Å². The van der Waals surface area contributed by atoms with Gasteiger partial charge in [0, 0.05) is 35.5 Å². The number of benzene rings is 1. The van der Waals surface area contributed by atoms with Crippen LogP contribution in [0.4, 0.5) is 0 Å². The number of H-pyrrole nitrogens is 1. The van der Waals surface area contributed by atoms with E-state index in [0.717, 1.165) is 16.5 Å². The Morgan fingerprint density at radius 1 is 1.21 bits per heavy atom. The molecule has 0 saturated carbocycles. The molecule has 3 N–H and O–H groups in total. The van der Waals surface area contributed by atoms with Gasteiger partial charge in [-0.3, -0.25) is 9.78 Å². The Morgan fingerprint density at radius 3 is 2.89 bits per heavy atom. The van der Waals surface area contributed by atoms with E-state index in [-0.39, 0.29) is 12.1 Å². The summed E-state index contributed by atoms with van der Waals surface area (Å²) in [6.45, 7) is 0.185. The van der Waals surface area contributed by atoms with E-state index in [1.54, 1.807) is 6.20 Å². The highest BCUT2D eigenvalue weighted by Gasteiger charge is 2.04. The molecule has 0 spiro atoms. The largest absolute Gasteiger partial charge is 0.326 e. The van der Waals surface area contributed by atoms with Crippen LogP contribution in [-0.2, 0) is 6.54 Å². The number of aromatic nitrogens is 3. The monoisotopic (exact) mass is 252 g/mol. The van der Waals surface area contributed by atoms with Gasteiger partial charge in [-0.05, 0) is 24.3 Å². The average molecular weight is 252 g/mol. The summed E-state index contributed by atoms with van der Waals surface area (Å²) in [5, 5.41) is 1.01. The highest BCUT2D eigenvalue weighted by atomic mass is 16.1. The van der Waals surface area contributed by atoms with Crippen molar-refractivity contribution >= 4 is 10.9 Å². The average Bonchev–Trinajstić information content (AvgIpc) is 2.46. The Labute approximate surface area is 109 Å². The molecule has 5 nitrogen and oxygen atoms in total. The number of nitrogens with two attached hydrogens (primary N) is 1. The highest BCUT2D eigenvalue weighted by molar-refractivity contribution is 5.82. The first kappa shape index (κ1) is 11.6. The molecular formula is C14H12N4O. The standard InChI is InChI=1S/C14H12N4O/c15-7-11-8-17-13(18-14(11)19)10-3-4-12-9(6-10)2-1-5-16-12/h1-6,8H,7,15H2,(H,17,18,19). The summed E-state index contributed by atoms with van der Waals surface area (Å²) in [7, 11) is 0. The van der Waals surface area contributed by atoms with Crippen LogP contribution >= 0.6 is 0 Å². The molecule has 0 aliphatic heterocycles. The zero-order valence-electron chi connectivity index (χ0n) is 10.1. The molecule has 0 saturated heterocycles. The van der Waals surface area contributed by atoms with Gasteiger partial charge in [0.25, 0.3) is 5.56 Å². The lowest BCUT2D eigenvalue weighted by Crippen LogP contribution is -2.17. The summed E-state index contributed by atoms with van der Waals surface area (Å²) < 4.78 is 0. The van der Waals surface area contributed by atoms with Crippen LogP contribution in [0.15, 0.2) is 47.5 Å². The van der Waals surface area contributed by atoms with Gasteiger partial charge >= 0.3 is 0 Å². The van der Waals surface area contributed by atoms with Crippen molar-refractivity contribution in [3.63, 3.8) is 0 Å². The minimum absolute atomic E-state index is 0.185. The molecule has 0 unspecified atom stereocenters. The molecular weight excluding hydrogens is 240 g/mol. The third kappa shape index (κ3) is 2.11. The Morgan fingerprint density at radius 2 is 2.11 bits per heavy atom. The first-order valence-electron chi connectivity index (χ1n) is 5.91. The number of rotatable bonds is 2. The van der Waals surface area contributed by atoms with Crippen molar-refractivity contribution in [2.75, 3.05) is 0 Å². The summed E-state index contributed by atoms with van der Waals surface area (Å²) >= 11 is 0. The van der Waals surface area contributed by atoms with Crippen molar-refractivity contribution in [1.29, 1.82) is 0 Å². The molecule has 0 atom stereocenters. The van der Waals surface area contributed by atoms with E-state index in [1.165, 1.54) is 6.20 Å². The number of pyridine rings is 1. The van der Waals surface area contributed by atoms with E-state index in [9.17, 15) is 4.79 Å². The second-order valence-electron chi connectivity index (χ2n) is 4.20. The third-order valence-corrected chi connectivity index (χ3v) is 2.97. The normalized spacial score (nSPS) is 10.8. The number of nitrogens with one attached hydrogen (secondary N) is 1. The van der Waals surface area contributed by atoms with Crippen molar-refractivity contribution in [3.05, 3.63) is 58.6 Å². The van der Waals surface area contributed by atoms with Gasteiger partial charge in [-0.1, -0.05) is 6.07 Å². The van der Waals surface area contributed by atoms with Gasteiger partial charge in [-0.15, -0.1) is 0 Å². The van der Waals surface area contributed by atoms with Gasteiger partial charge in [0.1, 0.15) is 5.82 Å². The maximum atomic E-state index is 11.7. The fourth-order valence-corrected chi connectivity index (χ4v) is 1.94. The molecule has 0 aliphatic carbocycles. The molecule has 0 bridgehead atoms. The minimum Gasteiger partial charge on any atom is -0.326 e. The van der Waals surface area contributed by atoms with Gasteiger partial charge in [0.15, 0.2) is 0 Å². The lowest BCUT2D eigenvalue weighted by Gasteiger charge is -2.03. The van der Waals surface area contributed by atoms with Crippen LogP contribution in [0.25, 0.3) is 22.3 Å². The lowest BCUT2D eigenvalue weighted by molar-refractivity contribution is 0.979. The van der Waals surface area contributed by atoms with Crippen molar-refractivity contribution in [2.45, 2.75) is 6.54 Å². The molecule has 19 heavy (non-hydrogen) atoms. The Bertz CT molecular complexity index is 795. The molecule has 0 fully saturated rings. The first-order chi connectivity index (χ1) is 9.28. The van der Waals surface area contributed by atoms with Gasteiger partial charge in [-0.2, -0.15) is 0 Å². The minimum atomic E-state index is -0.196. The van der Waals surface area contributed by atoms with Crippen molar-refractivity contribution in [1.82, 2.24) is 15.0 Å². The van der Waals surface area contributed by atoms with Crippen LogP contribution in [-0.4, -0.2) is 15.0 Å². The molecule has 3 aromatic rings. The number of fused-ring (bicyclic) bond motifs is 1. The quantitative estimate of drug-likeness (QED) is 0.722. The van der Waals surface area contributed by atoms with Crippen LogP contribution in [0.1, 0.15) is 5.56 Å². The zero-order valence-corrected chi connectivity index (χ0v) is 10.1. The fourth-order valence-electron chi connectivity index (χ4n) is 1.94. The van der Waals surface area contributed by atoms with Gasteiger partial charge < -0.3 is 10.7 Å². The zero-order chi connectivity index (χ0) is 13.2. The molecule has 3 rings (SSSR count). The van der Waals surface area contributed by atoms with Crippen molar-refractivity contribution in [3.8, 4) is 11.4 Å². The van der Waals surface area contributed by atoms with Gasteiger partial charge in [0.2, 0.25) is 0 Å². The Hall–Kier alpha value is -2.53. The number of nitrogens with zero attached hydrogens (tertiary/aromatic N) is 2. The molecule has 2 heterocycles. The van der Waals surface area contributed by atoms with E-state index in [0.29, 0.717) is 11.4 Å². The Balaban J connectivity index is 2.13. The number of hydrogen-bond donors (Lipinski definition) is 2. The molecule has 94 valence electrons. The SMILES string of the molecule is NCc1cnc(-c2ccc3ncccc3c2)[nH]c1=O. The predicted octanol–water partition coefficient (Wildman–Crippen LogP) is 1.44. The van der Waals surface area contributed by atoms with E-state index in [1.807, 2.05) is 30.3 Å². The van der Waals surface area contributed by atoms with Crippen LogP contribution in [0.5, 0.6) is 0 Å². The molecule has 0 amide bonds. The Kier molecular flexibility index (Phi) is 2.81. The van der Waals surface area contributed by atoms with E-state index in [2.05, 4.69) is 15.0 Å². The van der Waals surface area contributed by atoms with Gasteiger partial charge in [-0.25, -0.2) is 4.98 Å². The van der Waals surface area contributed by atoms with E-state index < -0.39 is 0 Å². The van der Waals surface area contributed by atoms with E-state index in [4.69, 9.17) is 5.73 Å². The van der Waals surface area contributed by atoms with Crippen molar-refractivity contribution in [2.24, 2.45) is 5.73 Å². The molecule has 0 radical (unpaired) electrons. The van der Waals surface area contributed by atoms with E-state index >= 15 is 0 Å². The van der Waals surface area contributed by atoms with Crippen LogP contribution in [0.3, 0.4) is 0 Å². The predicted molar refractivity (Wildman–Crippen MR) is 73.5 cm³/mol. The smallest absolute Gasteiger partial charge is 0.255 e. The van der Waals surface area contributed by atoms with Crippen LogP contribution in [0.2, 0.25) is 0 Å². The van der Waals surface area contributed by atoms with Crippen LogP contribution in [0, 0.1) is 0 Å². The third-order valence-electron chi connectivity index (χ3n) is 2.97. The number of aromatic amines is 1. The first-order valence-corrected chi connectivity index (χ1v) is 5.91. The summed E-state index contributed by atoms with van der Waals surface area (Å²) in [4.78, 5) is 22.9. The summed E-state index contributed by atoms with van der Waals surface area (Å²) in [6, 6.07) is 9.58. The second-order valence-corrected chi connectivity index (χ2v) is 4.20. The molecule has 2 aromatic heterocycles. The lowest BCUT2D eigenvalue weighted by atomic mass is 10.1. The maximum absolute atomic E-state index is 11.7. The maximum Gasteiger partial charge on any atom is 0.255 e. The molecule has 1 aromatic carbocycles. The highest BCUT2D eigenvalue weighted by Crippen LogP contribution is 2.19. The summed E-state index contributed by atoms with van der Waals surface area (Å²) in [5.41, 5.74) is 7.49. The second kappa shape index (κ2) is 4.62. The van der Waals surface area contributed by atoms with Crippen LogP contribution < -0.4 is 11.3 Å². The van der Waals surface area contributed by atoms with Gasteiger partial charge in [0.05, 0.1) is 5.52 Å². The molecule has 0 aliphatic rings. The van der Waals surface area contributed by atoms with Crippen molar-refractivity contribution < 1.29 is 0 Å². The molecule has 5 heteroatoms. The fraction of sp³-hybridized carbons (Fsp3) is 0.0714. The summed E-state index contributed by atoms with van der Waals surface area (Å²) in [6.07, 6.45) is 3.26. The number of hydrogen-bond acceptors (Lipinski definition) is 4. The summed E-state index contributed by atoms with van der Waals surface area (Å²) in [5.74, 6) is 0.535.